The Morgan fingerprint density at radius 2 is 2.08 bits per heavy atom. The molecule has 2 aromatic heterocycles. The average molecular weight is 351 g/mol. The van der Waals surface area contributed by atoms with Crippen molar-refractivity contribution < 1.29 is 9.21 Å². The fourth-order valence-electron chi connectivity index (χ4n) is 2.95. The van der Waals surface area contributed by atoms with Crippen LogP contribution in [0.25, 0.3) is 5.69 Å². The van der Waals surface area contributed by atoms with E-state index in [4.69, 9.17) is 4.42 Å². The van der Waals surface area contributed by atoms with Gasteiger partial charge >= 0.3 is 0 Å². The Kier molecular flexibility index (Phi) is 4.08. The molecule has 0 aliphatic carbocycles. The van der Waals surface area contributed by atoms with Crippen LogP contribution in [0.5, 0.6) is 0 Å². The second kappa shape index (κ2) is 6.42. The molecule has 0 radical (unpaired) electrons. The first-order valence-corrected chi connectivity index (χ1v) is 8.63. The molecule has 1 saturated heterocycles. The Morgan fingerprint density at radius 3 is 2.81 bits per heavy atom. The number of carbonyl (C=O) groups is 1. The van der Waals surface area contributed by atoms with Gasteiger partial charge in [-0.05, 0) is 38.0 Å². The highest BCUT2D eigenvalue weighted by Gasteiger charge is 2.25. The molecular weight excluding hydrogens is 330 g/mol. The zero-order chi connectivity index (χ0) is 18.3. The Labute approximate surface area is 151 Å². The molecule has 1 fully saturated rings. The fourth-order valence-corrected chi connectivity index (χ4v) is 2.95. The van der Waals surface area contributed by atoms with Crippen LogP contribution < -0.4 is 10.6 Å². The number of nitrogens with zero attached hydrogens (tertiary/aromatic N) is 3. The molecule has 26 heavy (non-hydrogen) atoms. The summed E-state index contributed by atoms with van der Waals surface area (Å²) in [7, 11) is 0. The fraction of sp³-hybridized carbons (Fsp3) is 0.316. The molecule has 134 valence electrons. The number of anilines is 1. The Bertz CT molecular complexity index is 968. The summed E-state index contributed by atoms with van der Waals surface area (Å²) >= 11 is 0. The van der Waals surface area contributed by atoms with Crippen molar-refractivity contribution in [1.82, 2.24) is 20.1 Å². The third-order valence-electron chi connectivity index (χ3n) is 4.73. The summed E-state index contributed by atoms with van der Waals surface area (Å²) < 4.78 is 7.43. The smallest absolute Gasteiger partial charge is 0.293 e. The predicted octanol–water partition coefficient (Wildman–Crippen LogP) is 2.72. The summed E-state index contributed by atoms with van der Waals surface area (Å²) in [4.78, 5) is 16.7. The number of benzene rings is 1. The van der Waals surface area contributed by atoms with E-state index >= 15 is 0 Å². The molecule has 1 aliphatic rings. The SMILES string of the molecule is Cc1ccc(C)c(-n2ncc(NC(=O)c3cnc(C4CNC4)o3)c2C)c1. The van der Waals surface area contributed by atoms with E-state index in [2.05, 4.69) is 38.9 Å². The van der Waals surface area contributed by atoms with Gasteiger partial charge in [0.05, 0.1) is 35.4 Å². The van der Waals surface area contributed by atoms with E-state index in [0.717, 1.165) is 35.6 Å². The second-order valence-corrected chi connectivity index (χ2v) is 6.72. The molecule has 0 saturated carbocycles. The first kappa shape index (κ1) is 16.5. The molecule has 3 heterocycles. The minimum atomic E-state index is -0.320. The van der Waals surface area contributed by atoms with Crippen molar-refractivity contribution in [3.8, 4) is 5.69 Å². The number of aromatic nitrogens is 3. The molecule has 0 spiro atoms. The lowest BCUT2D eigenvalue weighted by Gasteiger charge is -2.23. The van der Waals surface area contributed by atoms with Gasteiger partial charge in [-0.1, -0.05) is 12.1 Å². The van der Waals surface area contributed by atoms with Crippen LogP contribution in [0, 0.1) is 20.8 Å². The van der Waals surface area contributed by atoms with Crippen LogP contribution in [0.15, 0.2) is 35.0 Å². The minimum Gasteiger partial charge on any atom is -0.435 e. The molecule has 3 aromatic rings. The van der Waals surface area contributed by atoms with Gasteiger partial charge in [0.2, 0.25) is 11.7 Å². The number of amides is 1. The van der Waals surface area contributed by atoms with Crippen molar-refractivity contribution in [3.63, 3.8) is 0 Å². The van der Waals surface area contributed by atoms with E-state index in [-0.39, 0.29) is 17.6 Å². The first-order valence-electron chi connectivity index (χ1n) is 8.63. The van der Waals surface area contributed by atoms with Crippen LogP contribution in [-0.4, -0.2) is 33.8 Å². The van der Waals surface area contributed by atoms with Gasteiger partial charge in [0.15, 0.2) is 0 Å². The average Bonchev–Trinajstić information content (AvgIpc) is 3.17. The minimum absolute atomic E-state index is 0.214. The summed E-state index contributed by atoms with van der Waals surface area (Å²) in [6, 6.07) is 6.21. The predicted molar refractivity (Wildman–Crippen MR) is 97.8 cm³/mol. The van der Waals surface area contributed by atoms with E-state index in [0.29, 0.717) is 11.6 Å². The third-order valence-corrected chi connectivity index (χ3v) is 4.73. The summed E-state index contributed by atoms with van der Waals surface area (Å²) in [6.45, 7) is 7.69. The van der Waals surface area contributed by atoms with Gasteiger partial charge in [-0.2, -0.15) is 5.10 Å². The van der Waals surface area contributed by atoms with Crippen molar-refractivity contribution in [2.24, 2.45) is 0 Å². The molecule has 1 amide bonds. The van der Waals surface area contributed by atoms with Crippen molar-refractivity contribution in [2.75, 3.05) is 18.4 Å². The molecule has 0 atom stereocenters. The standard InChI is InChI=1S/C19H21N5O2/c1-11-4-5-12(2)16(6-11)24-13(3)15(9-22-24)23-18(25)17-10-21-19(26-17)14-7-20-8-14/h4-6,9-10,14,20H,7-8H2,1-3H3,(H,23,25). The largest absolute Gasteiger partial charge is 0.435 e. The lowest BCUT2D eigenvalue weighted by atomic mass is 10.0. The summed E-state index contributed by atoms with van der Waals surface area (Å²) in [5, 5.41) is 10.5. The first-order chi connectivity index (χ1) is 12.5. The number of hydrogen-bond acceptors (Lipinski definition) is 5. The van der Waals surface area contributed by atoms with Crippen molar-refractivity contribution >= 4 is 11.6 Å². The maximum Gasteiger partial charge on any atom is 0.293 e. The van der Waals surface area contributed by atoms with Gasteiger partial charge in [0.1, 0.15) is 0 Å². The Balaban J connectivity index is 1.55. The number of oxazole rings is 1. The second-order valence-electron chi connectivity index (χ2n) is 6.72. The summed E-state index contributed by atoms with van der Waals surface area (Å²) in [5.74, 6) is 0.757. The monoisotopic (exact) mass is 351 g/mol. The lowest BCUT2D eigenvalue weighted by Crippen LogP contribution is -2.40. The van der Waals surface area contributed by atoms with Gasteiger partial charge in [-0.15, -0.1) is 0 Å². The molecule has 0 unspecified atom stereocenters. The van der Waals surface area contributed by atoms with Gasteiger partial charge in [-0.25, -0.2) is 9.67 Å². The van der Waals surface area contributed by atoms with Crippen LogP contribution in [-0.2, 0) is 0 Å². The quantitative estimate of drug-likeness (QED) is 0.755. The maximum atomic E-state index is 12.5. The Morgan fingerprint density at radius 1 is 1.27 bits per heavy atom. The molecule has 1 aliphatic heterocycles. The molecular formula is C19H21N5O2. The molecule has 4 rings (SSSR count). The van der Waals surface area contributed by atoms with E-state index in [1.807, 2.05) is 25.5 Å². The number of nitrogens with one attached hydrogen (secondary N) is 2. The van der Waals surface area contributed by atoms with Crippen molar-refractivity contribution in [3.05, 3.63) is 59.1 Å². The molecule has 7 nitrogen and oxygen atoms in total. The van der Waals surface area contributed by atoms with Gasteiger partial charge < -0.3 is 15.1 Å². The van der Waals surface area contributed by atoms with Gasteiger partial charge in [0, 0.05) is 13.1 Å². The maximum absolute atomic E-state index is 12.5. The van der Waals surface area contributed by atoms with Crippen LogP contribution in [0.2, 0.25) is 0 Å². The highest BCUT2D eigenvalue weighted by atomic mass is 16.4. The van der Waals surface area contributed by atoms with Crippen LogP contribution in [0.3, 0.4) is 0 Å². The van der Waals surface area contributed by atoms with Crippen LogP contribution in [0.4, 0.5) is 5.69 Å². The number of hydrogen-bond donors (Lipinski definition) is 2. The zero-order valence-corrected chi connectivity index (χ0v) is 15.0. The van der Waals surface area contributed by atoms with Crippen molar-refractivity contribution in [2.45, 2.75) is 26.7 Å². The van der Waals surface area contributed by atoms with Crippen molar-refractivity contribution in [1.29, 1.82) is 0 Å². The lowest BCUT2D eigenvalue weighted by molar-refractivity contribution is 0.0993. The normalized spacial score (nSPS) is 14.3. The van der Waals surface area contributed by atoms with Gasteiger partial charge in [-0.3, -0.25) is 4.79 Å². The van der Waals surface area contributed by atoms with E-state index in [1.165, 1.54) is 6.20 Å². The highest BCUT2D eigenvalue weighted by molar-refractivity contribution is 6.02. The number of carbonyl (C=O) groups excluding carboxylic acids is 1. The zero-order valence-electron chi connectivity index (χ0n) is 15.0. The number of rotatable bonds is 4. The topological polar surface area (TPSA) is 85.0 Å². The summed E-state index contributed by atoms with van der Waals surface area (Å²) in [5.41, 5.74) is 4.79. The third kappa shape index (κ3) is 2.90. The molecule has 7 heteroatoms. The number of aryl methyl sites for hydroxylation is 2. The van der Waals surface area contributed by atoms with Crippen LogP contribution in [0.1, 0.15) is 39.2 Å². The molecule has 2 N–H and O–H groups in total. The molecule has 1 aromatic carbocycles. The highest BCUT2D eigenvalue weighted by Crippen LogP contribution is 2.23. The summed E-state index contributed by atoms with van der Waals surface area (Å²) in [6.07, 6.45) is 3.13. The van der Waals surface area contributed by atoms with Crippen LogP contribution >= 0.6 is 0 Å². The Hall–Kier alpha value is -2.93. The van der Waals surface area contributed by atoms with Gasteiger partial charge in [0.25, 0.3) is 5.91 Å². The van der Waals surface area contributed by atoms with E-state index in [9.17, 15) is 4.79 Å². The molecule has 0 bridgehead atoms. The van der Waals surface area contributed by atoms with E-state index < -0.39 is 0 Å². The van der Waals surface area contributed by atoms with E-state index in [1.54, 1.807) is 6.20 Å².